The number of rotatable bonds is 5. The lowest BCUT2D eigenvalue weighted by Gasteiger charge is -2.33. The first kappa shape index (κ1) is 21.8. The van der Waals surface area contributed by atoms with Gasteiger partial charge in [-0.1, -0.05) is 5.16 Å². The number of hydrazine groups is 1. The Morgan fingerprint density at radius 2 is 2.03 bits per heavy atom. The van der Waals surface area contributed by atoms with Gasteiger partial charge in [-0.2, -0.15) is 4.98 Å². The third-order valence-electron chi connectivity index (χ3n) is 4.66. The molecule has 0 aliphatic carbocycles. The summed E-state index contributed by atoms with van der Waals surface area (Å²) in [5.41, 5.74) is 7.46. The molecule has 2 heterocycles. The van der Waals surface area contributed by atoms with Crippen LogP contribution in [0.15, 0.2) is 22.7 Å². The van der Waals surface area contributed by atoms with Crippen molar-refractivity contribution in [1.82, 2.24) is 15.0 Å². The minimum Gasteiger partial charge on any atom is -0.444 e. The molecule has 0 atom stereocenters. The van der Waals surface area contributed by atoms with Gasteiger partial charge in [0, 0.05) is 25.7 Å². The standard InChI is InChI=1S/C20H30N6O4/c1-20(2,3)29-19(27)26-9-7-14(8-10-26)28-12-17-23-18(30-24-17)13-5-6-16(25(4)22)15(21)11-13/h5-6,11,14H,7-10,12,21-22H2,1-4H3. The molecule has 2 aromatic rings. The molecule has 164 valence electrons. The fourth-order valence-electron chi connectivity index (χ4n) is 3.16. The van der Waals surface area contributed by atoms with Crippen LogP contribution in [0.25, 0.3) is 11.5 Å². The number of ether oxygens (including phenoxy) is 2. The molecule has 1 aliphatic rings. The van der Waals surface area contributed by atoms with Crippen LogP contribution in [0.5, 0.6) is 0 Å². The van der Waals surface area contributed by atoms with Gasteiger partial charge in [-0.25, -0.2) is 10.6 Å². The van der Waals surface area contributed by atoms with Crippen molar-refractivity contribution in [3.8, 4) is 11.5 Å². The zero-order chi connectivity index (χ0) is 21.9. The molecule has 0 saturated carbocycles. The monoisotopic (exact) mass is 418 g/mol. The Morgan fingerprint density at radius 1 is 1.33 bits per heavy atom. The van der Waals surface area contributed by atoms with Crippen LogP contribution < -0.4 is 16.6 Å². The van der Waals surface area contributed by atoms with Gasteiger partial charge in [0.25, 0.3) is 5.89 Å². The van der Waals surface area contributed by atoms with Crippen LogP contribution in [0, 0.1) is 0 Å². The Kier molecular flexibility index (Phi) is 6.47. The van der Waals surface area contributed by atoms with E-state index in [1.807, 2.05) is 26.8 Å². The summed E-state index contributed by atoms with van der Waals surface area (Å²) >= 11 is 0. The zero-order valence-corrected chi connectivity index (χ0v) is 17.9. The summed E-state index contributed by atoms with van der Waals surface area (Å²) in [6.07, 6.45) is 1.21. The molecule has 1 aromatic carbocycles. The van der Waals surface area contributed by atoms with Gasteiger partial charge in [-0.3, -0.25) is 0 Å². The third-order valence-corrected chi connectivity index (χ3v) is 4.66. The average Bonchev–Trinajstić information content (AvgIpc) is 3.14. The maximum Gasteiger partial charge on any atom is 0.410 e. The largest absolute Gasteiger partial charge is 0.444 e. The Labute approximate surface area is 176 Å². The molecule has 1 amide bonds. The summed E-state index contributed by atoms with van der Waals surface area (Å²) in [5, 5.41) is 5.42. The number of anilines is 2. The normalized spacial score (nSPS) is 15.3. The second-order valence-corrected chi connectivity index (χ2v) is 8.38. The average molecular weight is 418 g/mol. The lowest BCUT2D eigenvalue weighted by atomic mass is 10.1. The highest BCUT2D eigenvalue weighted by molar-refractivity contribution is 5.73. The van der Waals surface area contributed by atoms with E-state index >= 15 is 0 Å². The highest BCUT2D eigenvalue weighted by atomic mass is 16.6. The van der Waals surface area contributed by atoms with Crippen LogP contribution in [0.3, 0.4) is 0 Å². The number of hydrogen-bond acceptors (Lipinski definition) is 9. The number of carbonyl (C=O) groups is 1. The molecule has 0 bridgehead atoms. The number of likely N-dealkylation sites (tertiary alicyclic amines) is 1. The second kappa shape index (κ2) is 8.88. The van der Waals surface area contributed by atoms with Gasteiger partial charge < -0.3 is 29.6 Å². The van der Waals surface area contributed by atoms with E-state index < -0.39 is 5.60 Å². The van der Waals surface area contributed by atoms with E-state index in [1.165, 1.54) is 5.01 Å². The van der Waals surface area contributed by atoms with Crippen LogP contribution in [0.4, 0.5) is 16.2 Å². The Morgan fingerprint density at radius 3 is 2.63 bits per heavy atom. The molecule has 0 unspecified atom stereocenters. The first-order valence-corrected chi connectivity index (χ1v) is 9.93. The summed E-state index contributed by atoms with van der Waals surface area (Å²) in [6, 6.07) is 5.35. The van der Waals surface area contributed by atoms with Crippen LogP contribution in [-0.4, -0.2) is 53.0 Å². The number of hydrogen-bond donors (Lipinski definition) is 2. The van der Waals surface area contributed by atoms with Crippen molar-refractivity contribution in [3.63, 3.8) is 0 Å². The van der Waals surface area contributed by atoms with Crippen LogP contribution in [0.1, 0.15) is 39.4 Å². The molecule has 1 fully saturated rings. The first-order valence-electron chi connectivity index (χ1n) is 9.93. The van der Waals surface area contributed by atoms with Crippen molar-refractivity contribution in [2.24, 2.45) is 5.84 Å². The summed E-state index contributed by atoms with van der Waals surface area (Å²) in [7, 11) is 1.71. The van der Waals surface area contributed by atoms with Gasteiger partial charge in [0.2, 0.25) is 0 Å². The van der Waals surface area contributed by atoms with Crippen LogP contribution in [0.2, 0.25) is 0 Å². The SMILES string of the molecule is CN(N)c1ccc(-c2nc(COC3CCN(C(=O)OC(C)(C)C)CC3)no2)cc1N. The Hall–Kier alpha value is -2.85. The topological polar surface area (TPSA) is 133 Å². The molecule has 1 aliphatic heterocycles. The van der Waals surface area contributed by atoms with Gasteiger partial charge in [0.05, 0.1) is 17.5 Å². The minimum absolute atomic E-state index is 0.0284. The number of nitrogens with zero attached hydrogens (tertiary/aromatic N) is 4. The van der Waals surface area contributed by atoms with Gasteiger partial charge in [0.15, 0.2) is 5.82 Å². The molecule has 30 heavy (non-hydrogen) atoms. The maximum absolute atomic E-state index is 12.1. The molecular formula is C20H30N6O4. The molecule has 1 saturated heterocycles. The second-order valence-electron chi connectivity index (χ2n) is 8.38. The third kappa shape index (κ3) is 5.61. The number of amides is 1. The molecule has 3 rings (SSSR count). The zero-order valence-electron chi connectivity index (χ0n) is 17.9. The number of nitrogen functional groups attached to an aromatic ring is 1. The Bertz CT molecular complexity index is 868. The van der Waals surface area contributed by atoms with E-state index in [0.717, 1.165) is 12.8 Å². The predicted molar refractivity (Wildman–Crippen MR) is 112 cm³/mol. The fourth-order valence-corrected chi connectivity index (χ4v) is 3.16. The summed E-state index contributed by atoms with van der Waals surface area (Å²) in [5.74, 6) is 6.55. The molecule has 10 heteroatoms. The highest BCUT2D eigenvalue weighted by Gasteiger charge is 2.27. The Balaban J connectivity index is 1.50. The van der Waals surface area contributed by atoms with E-state index in [2.05, 4.69) is 10.1 Å². The van der Waals surface area contributed by atoms with E-state index in [9.17, 15) is 4.79 Å². The number of nitrogens with two attached hydrogens (primary N) is 2. The smallest absolute Gasteiger partial charge is 0.410 e. The first-order chi connectivity index (χ1) is 14.1. The van der Waals surface area contributed by atoms with Gasteiger partial charge in [-0.05, 0) is 51.8 Å². The molecule has 1 aromatic heterocycles. The quantitative estimate of drug-likeness (QED) is 0.427. The van der Waals surface area contributed by atoms with E-state index in [-0.39, 0.29) is 18.8 Å². The van der Waals surface area contributed by atoms with Crippen molar-refractivity contribution >= 4 is 17.5 Å². The van der Waals surface area contributed by atoms with Crippen molar-refractivity contribution in [2.75, 3.05) is 30.9 Å². The molecular weight excluding hydrogens is 388 g/mol. The maximum atomic E-state index is 12.1. The predicted octanol–water partition coefficient (Wildman–Crippen LogP) is 2.54. The molecule has 10 nitrogen and oxygen atoms in total. The lowest BCUT2D eigenvalue weighted by Crippen LogP contribution is -2.43. The summed E-state index contributed by atoms with van der Waals surface area (Å²) in [6.45, 7) is 7.01. The summed E-state index contributed by atoms with van der Waals surface area (Å²) in [4.78, 5) is 18.2. The van der Waals surface area contributed by atoms with E-state index in [4.69, 9.17) is 25.6 Å². The van der Waals surface area contributed by atoms with Gasteiger partial charge >= 0.3 is 6.09 Å². The van der Waals surface area contributed by atoms with Gasteiger partial charge in [-0.15, -0.1) is 0 Å². The highest BCUT2D eigenvalue weighted by Crippen LogP contribution is 2.27. The minimum atomic E-state index is -0.494. The van der Waals surface area contributed by atoms with E-state index in [1.54, 1.807) is 24.1 Å². The van der Waals surface area contributed by atoms with Crippen molar-refractivity contribution < 1.29 is 18.8 Å². The number of benzene rings is 1. The van der Waals surface area contributed by atoms with Gasteiger partial charge in [0.1, 0.15) is 12.2 Å². The fraction of sp³-hybridized carbons (Fsp3) is 0.550. The lowest BCUT2D eigenvalue weighted by molar-refractivity contribution is -0.0190. The number of piperidine rings is 1. The number of carbonyl (C=O) groups excluding carboxylic acids is 1. The summed E-state index contributed by atoms with van der Waals surface area (Å²) < 4.78 is 16.7. The molecule has 0 spiro atoms. The van der Waals surface area contributed by atoms with Crippen molar-refractivity contribution in [3.05, 3.63) is 24.0 Å². The molecule has 0 radical (unpaired) electrons. The van der Waals surface area contributed by atoms with Crippen LogP contribution in [-0.2, 0) is 16.1 Å². The van der Waals surface area contributed by atoms with Crippen molar-refractivity contribution in [2.45, 2.75) is 51.9 Å². The van der Waals surface area contributed by atoms with Crippen molar-refractivity contribution in [1.29, 1.82) is 0 Å². The van der Waals surface area contributed by atoms with Crippen LogP contribution >= 0.6 is 0 Å². The number of aromatic nitrogens is 2. The van der Waals surface area contributed by atoms with E-state index in [0.29, 0.717) is 41.7 Å². The molecule has 4 N–H and O–H groups in total.